The number of para-hydroxylation sites is 1. The van der Waals surface area contributed by atoms with Crippen molar-refractivity contribution < 1.29 is 19.1 Å². The molecule has 0 saturated carbocycles. The minimum Gasteiger partial charge on any atom is -0.490 e. The van der Waals surface area contributed by atoms with Crippen LogP contribution >= 0.6 is 11.6 Å². The maximum Gasteiger partial charge on any atom is 0.336 e. The number of Topliss-reactive ketones (excluding diaryl/α,β-unsaturated/α-hetero) is 1. The molecule has 1 aliphatic heterocycles. The van der Waals surface area contributed by atoms with Crippen LogP contribution in [0.1, 0.15) is 42.7 Å². The van der Waals surface area contributed by atoms with E-state index >= 15 is 0 Å². The van der Waals surface area contributed by atoms with E-state index in [2.05, 4.69) is 10.3 Å². The number of ether oxygens (including phenoxy) is 2. The molecule has 0 spiro atoms. The van der Waals surface area contributed by atoms with Crippen molar-refractivity contribution in [2.24, 2.45) is 0 Å². The van der Waals surface area contributed by atoms with Crippen LogP contribution in [0.15, 0.2) is 102 Å². The molecule has 0 bridgehead atoms. The molecule has 188 valence electrons. The van der Waals surface area contributed by atoms with Crippen LogP contribution in [-0.4, -0.2) is 30.0 Å². The van der Waals surface area contributed by atoms with Crippen LogP contribution in [0.4, 0.5) is 0 Å². The van der Waals surface area contributed by atoms with Crippen LogP contribution in [0.2, 0.25) is 5.02 Å². The lowest BCUT2D eigenvalue weighted by molar-refractivity contribution is -0.140. The van der Waals surface area contributed by atoms with Gasteiger partial charge in [0.2, 0.25) is 0 Å². The highest BCUT2D eigenvalue weighted by Gasteiger charge is 2.41. The summed E-state index contributed by atoms with van der Waals surface area (Å²) in [6.45, 7) is 2.16. The monoisotopic (exact) mass is 514 g/mol. The van der Waals surface area contributed by atoms with Crippen molar-refractivity contribution in [2.75, 3.05) is 13.2 Å². The van der Waals surface area contributed by atoms with E-state index in [1.54, 1.807) is 12.4 Å². The standard InChI is InChI=1S/C30H27ClN2O4/c1-19-27(30(35)37-15-14-36-24-7-3-2-4-8-24)28(21-6-5-13-32-18-21)29-25(33-19)16-22(17-26(29)34)20-9-11-23(31)12-10-20/h2-13,18,22,28,33H,14-17H2,1H3/t22-,28-/m0/s1. The molecule has 0 unspecified atom stereocenters. The molecule has 1 N–H and O–H groups in total. The molecule has 6 nitrogen and oxygen atoms in total. The number of aromatic nitrogens is 1. The fourth-order valence-electron chi connectivity index (χ4n) is 5.05. The van der Waals surface area contributed by atoms with E-state index in [-0.39, 0.29) is 24.9 Å². The first-order valence-electron chi connectivity index (χ1n) is 12.3. The minimum atomic E-state index is -0.550. The second kappa shape index (κ2) is 11.0. The molecule has 2 atom stereocenters. The van der Waals surface area contributed by atoms with Crippen molar-refractivity contribution in [3.05, 3.63) is 118 Å². The van der Waals surface area contributed by atoms with Crippen LogP contribution in [0.3, 0.4) is 0 Å². The van der Waals surface area contributed by atoms with Crippen molar-refractivity contribution >= 4 is 23.4 Å². The lowest BCUT2D eigenvalue weighted by Gasteiger charge is -2.36. The van der Waals surface area contributed by atoms with Gasteiger partial charge in [-0.1, -0.05) is 48.0 Å². The molecule has 7 heteroatoms. The zero-order chi connectivity index (χ0) is 25.8. The van der Waals surface area contributed by atoms with Crippen molar-refractivity contribution in [2.45, 2.75) is 31.6 Å². The molecule has 0 radical (unpaired) electrons. The van der Waals surface area contributed by atoms with Gasteiger partial charge in [-0.3, -0.25) is 9.78 Å². The van der Waals surface area contributed by atoms with Gasteiger partial charge in [0.1, 0.15) is 19.0 Å². The first-order chi connectivity index (χ1) is 18.0. The second-order valence-corrected chi connectivity index (χ2v) is 9.59. The maximum atomic E-state index is 13.6. The van der Waals surface area contributed by atoms with Crippen molar-refractivity contribution in [3.63, 3.8) is 0 Å². The fourth-order valence-corrected chi connectivity index (χ4v) is 5.17. The number of nitrogens with zero attached hydrogens (tertiary/aromatic N) is 1. The average molecular weight is 515 g/mol. The zero-order valence-electron chi connectivity index (χ0n) is 20.4. The Morgan fingerprint density at radius 3 is 2.51 bits per heavy atom. The molecule has 0 saturated heterocycles. The van der Waals surface area contributed by atoms with Gasteiger partial charge in [0, 0.05) is 46.7 Å². The normalized spacial score (nSPS) is 19.2. The van der Waals surface area contributed by atoms with E-state index in [0.717, 1.165) is 16.8 Å². The molecule has 5 rings (SSSR count). The first-order valence-corrected chi connectivity index (χ1v) is 12.6. The van der Waals surface area contributed by atoms with Crippen molar-refractivity contribution in [3.8, 4) is 5.75 Å². The molecule has 0 amide bonds. The van der Waals surface area contributed by atoms with Gasteiger partial charge >= 0.3 is 5.97 Å². The second-order valence-electron chi connectivity index (χ2n) is 9.15. The molecule has 2 aromatic carbocycles. The maximum absolute atomic E-state index is 13.6. The minimum absolute atomic E-state index is 0.00719. The number of hydrogen-bond donors (Lipinski definition) is 1. The number of halogens is 1. The van der Waals surface area contributed by atoms with E-state index < -0.39 is 11.9 Å². The number of dihydropyridines is 1. The summed E-state index contributed by atoms with van der Waals surface area (Å²) in [5, 5.41) is 4.03. The lowest BCUT2D eigenvalue weighted by Crippen LogP contribution is -2.36. The Balaban J connectivity index is 1.39. The van der Waals surface area contributed by atoms with E-state index in [9.17, 15) is 9.59 Å². The molecule has 0 fully saturated rings. The van der Waals surface area contributed by atoms with Crippen LogP contribution < -0.4 is 10.1 Å². The Morgan fingerprint density at radius 2 is 1.78 bits per heavy atom. The summed E-state index contributed by atoms with van der Waals surface area (Å²) in [5.41, 5.74) is 4.38. The van der Waals surface area contributed by atoms with Gasteiger partial charge in [0.15, 0.2) is 5.78 Å². The first kappa shape index (κ1) is 24.8. The van der Waals surface area contributed by atoms with Gasteiger partial charge in [-0.15, -0.1) is 0 Å². The number of hydrogen-bond acceptors (Lipinski definition) is 6. The summed E-state index contributed by atoms with van der Waals surface area (Å²) in [6.07, 6.45) is 4.39. The van der Waals surface area contributed by atoms with Crippen LogP contribution in [0.25, 0.3) is 0 Å². The Bertz CT molecular complexity index is 1350. The number of carbonyl (C=O) groups is 2. The highest BCUT2D eigenvalue weighted by atomic mass is 35.5. The molecule has 37 heavy (non-hydrogen) atoms. The average Bonchev–Trinajstić information content (AvgIpc) is 2.91. The van der Waals surface area contributed by atoms with Crippen LogP contribution in [0.5, 0.6) is 5.75 Å². The summed E-state index contributed by atoms with van der Waals surface area (Å²) in [5.74, 6) is -0.282. The SMILES string of the molecule is CC1=C(C(=O)OCCOc2ccccc2)[C@H](c2cccnc2)C2=C(C[C@H](c3ccc(Cl)cc3)CC2=O)N1. The molecule has 1 aliphatic carbocycles. The molecule has 2 aliphatic rings. The number of pyridine rings is 1. The van der Waals surface area contributed by atoms with E-state index in [1.807, 2.05) is 73.7 Å². The third-order valence-electron chi connectivity index (χ3n) is 6.74. The summed E-state index contributed by atoms with van der Waals surface area (Å²) in [6, 6.07) is 20.7. The predicted octanol–water partition coefficient (Wildman–Crippen LogP) is 5.72. The van der Waals surface area contributed by atoms with E-state index in [0.29, 0.717) is 40.5 Å². The number of allylic oxidation sites excluding steroid dienone is 3. The highest BCUT2D eigenvalue weighted by molar-refractivity contribution is 6.30. The van der Waals surface area contributed by atoms with Gasteiger partial charge in [0.25, 0.3) is 0 Å². The van der Waals surface area contributed by atoms with Gasteiger partial charge in [-0.05, 0) is 60.7 Å². The Kier molecular flexibility index (Phi) is 7.37. The number of benzene rings is 2. The summed E-state index contributed by atoms with van der Waals surface area (Å²) in [7, 11) is 0. The van der Waals surface area contributed by atoms with Crippen LogP contribution in [-0.2, 0) is 14.3 Å². The molecular weight excluding hydrogens is 488 g/mol. The molecule has 3 aromatic rings. The topological polar surface area (TPSA) is 77.5 Å². The summed E-state index contributed by atoms with van der Waals surface area (Å²) < 4.78 is 11.3. The van der Waals surface area contributed by atoms with Gasteiger partial charge < -0.3 is 14.8 Å². The largest absolute Gasteiger partial charge is 0.490 e. The van der Waals surface area contributed by atoms with Gasteiger partial charge in [-0.2, -0.15) is 0 Å². The van der Waals surface area contributed by atoms with Crippen LogP contribution in [0, 0.1) is 0 Å². The quantitative estimate of drug-likeness (QED) is 0.321. The van der Waals surface area contributed by atoms with Crippen molar-refractivity contribution in [1.29, 1.82) is 0 Å². The fraction of sp³-hybridized carbons (Fsp3) is 0.233. The number of rotatable bonds is 7. The smallest absolute Gasteiger partial charge is 0.336 e. The Labute approximate surface area is 221 Å². The van der Waals surface area contributed by atoms with E-state index in [1.165, 1.54) is 0 Å². The number of ketones is 1. The van der Waals surface area contributed by atoms with Gasteiger partial charge in [-0.25, -0.2) is 4.79 Å². The third-order valence-corrected chi connectivity index (χ3v) is 6.99. The molecule has 2 heterocycles. The van der Waals surface area contributed by atoms with E-state index in [4.69, 9.17) is 21.1 Å². The number of nitrogens with one attached hydrogen (secondary N) is 1. The number of carbonyl (C=O) groups excluding carboxylic acids is 2. The third kappa shape index (κ3) is 5.44. The predicted molar refractivity (Wildman–Crippen MR) is 141 cm³/mol. The summed E-state index contributed by atoms with van der Waals surface area (Å²) in [4.78, 5) is 31.2. The molecular formula is C30H27ClN2O4. The Hall–Kier alpha value is -3.90. The van der Waals surface area contributed by atoms with Crippen molar-refractivity contribution in [1.82, 2.24) is 10.3 Å². The lowest BCUT2D eigenvalue weighted by atomic mass is 9.72. The molecule has 1 aromatic heterocycles. The Morgan fingerprint density at radius 1 is 1.00 bits per heavy atom. The summed E-state index contributed by atoms with van der Waals surface area (Å²) >= 11 is 6.07. The van der Waals surface area contributed by atoms with Gasteiger partial charge in [0.05, 0.1) is 5.57 Å². The zero-order valence-corrected chi connectivity index (χ0v) is 21.2. The number of esters is 1. The highest BCUT2D eigenvalue weighted by Crippen LogP contribution is 2.45.